The number of hydrogen-bond acceptors (Lipinski definition) is 4. The number of nitrogens with one attached hydrogen (secondary N) is 1. The van der Waals surface area contributed by atoms with Crippen LogP contribution in [-0.2, 0) is 4.79 Å². The van der Waals surface area contributed by atoms with Gasteiger partial charge >= 0.3 is 7.12 Å². The zero-order chi connectivity index (χ0) is 12.2. The van der Waals surface area contributed by atoms with Gasteiger partial charge in [0.1, 0.15) is 0 Å². The third kappa shape index (κ3) is 9.95. The summed E-state index contributed by atoms with van der Waals surface area (Å²) in [6, 6.07) is 0.685. The molecular weight excluding hydrogens is 209 g/mol. The molecule has 0 aromatic carbocycles. The van der Waals surface area contributed by atoms with E-state index in [2.05, 4.69) is 5.32 Å². The lowest BCUT2D eigenvalue weighted by atomic mass is 9.83. The monoisotopic (exact) mass is 231 g/mol. The maximum Gasteiger partial charge on any atom is 0.451 e. The lowest BCUT2D eigenvalue weighted by molar-refractivity contribution is -0.122. The van der Waals surface area contributed by atoms with Crippen molar-refractivity contribution >= 4 is 13.6 Å². The van der Waals surface area contributed by atoms with Gasteiger partial charge in [-0.1, -0.05) is 19.3 Å². The summed E-state index contributed by atoms with van der Waals surface area (Å²) in [5.41, 5.74) is 0. The van der Waals surface area contributed by atoms with E-state index in [4.69, 9.17) is 19.9 Å². The van der Waals surface area contributed by atoms with E-state index in [0.717, 1.165) is 19.4 Å². The Labute approximate surface area is 97.0 Å². The largest absolute Gasteiger partial charge is 0.483 e. The summed E-state index contributed by atoms with van der Waals surface area (Å²) in [4.78, 5) is 8.36. The Morgan fingerprint density at radius 2 is 2.00 bits per heavy atom. The van der Waals surface area contributed by atoms with Crippen LogP contribution < -0.4 is 5.32 Å². The fourth-order valence-electron chi connectivity index (χ4n) is 1.89. The zero-order valence-corrected chi connectivity index (χ0v) is 9.64. The Bertz CT molecular complexity index is 163. The van der Waals surface area contributed by atoms with E-state index in [9.17, 15) is 0 Å². The van der Waals surface area contributed by atoms with Gasteiger partial charge in [0.25, 0.3) is 6.47 Å². The molecule has 1 atom stereocenters. The average Bonchev–Trinajstić information content (AvgIpc) is 2.27. The Morgan fingerprint density at radius 1 is 1.31 bits per heavy atom. The number of hydrogen-bond donors (Lipinski definition) is 4. The first kappa shape index (κ1) is 15.4. The van der Waals surface area contributed by atoms with Crippen molar-refractivity contribution in [2.24, 2.45) is 0 Å². The van der Waals surface area contributed by atoms with Gasteiger partial charge in [-0.3, -0.25) is 4.79 Å². The van der Waals surface area contributed by atoms with Crippen LogP contribution in [0.2, 0.25) is 6.32 Å². The highest BCUT2D eigenvalue weighted by atomic mass is 16.4. The number of unbranched alkanes of at least 4 members (excludes halogenated alkanes) is 1. The Kier molecular flexibility index (Phi) is 10.5. The van der Waals surface area contributed by atoms with E-state index in [1.165, 1.54) is 25.7 Å². The van der Waals surface area contributed by atoms with Gasteiger partial charge in [-0.2, -0.15) is 0 Å². The van der Waals surface area contributed by atoms with Crippen LogP contribution in [-0.4, -0.2) is 41.3 Å². The molecule has 1 aliphatic rings. The van der Waals surface area contributed by atoms with Crippen molar-refractivity contribution in [2.45, 2.75) is 50.9 Å². The first-order valence-corrected chi connectivity index (χ1v) is 5.88. The molecule has 94 valence electrons. The molecule has 4 N–H and O–H groups in total. The molecular formula is C10H22BNO4. The van der Waals surface area contributed by atoms with Crippen LogP contribution in [0, 0.1) is 0 Å². The number of piperidine rings is 1. The molecule has 5 nitrogen and oxygen atoms in total. The maximum absolute atomic E-state index is 8.63. The molecule has 0 spiro atoms. The molecule has 1 rings (SSSR count). The maximum atomic E-state index is 8.63. The highest BCUT2D eigenvalue weighted by Gasteiger charge is 2.12. The van der Waals surface area contributed by atoms with Crippen molar-refractivity contribution < 1.29 is 19.9 Å². The van der Waals surface area contributed by atoms with Crippen molar-refractivity contribution in [3.63, 3.8) is 0 Å². The van der Waals surface area contributed by atoms with Gasteiger partial charge in [0.05, 0.1) is 0 Å². The minimum Gasteiger partial charge on any atom is -0.483 e. The fraction of sp³-hybridized carbons (Fsp3) is 0.900. The van der Waals surface area contributed by atoms with Crippen LogP contribution in [0.25, 0.3) is 0 Å². The van der Waals surface area contributed by atoms with Gasteiger partial charge in [-0.25, -0.2) is 0 Å². The summed E-state index contributed by atoms with van der Waals surface area (Å²) in [6.07, 6.45) is 7.69. The molecule has 0 aliphatic carbocycles. The highest BCUT2D eigenvalue weighted by Crippen LogP contribution is 2.13. The SMILES string of the molecule is O=CO.OB(O)CCCCC1CCCCN1. The molecule has 0 aromatic rings. The lowest BCUT2D eigenvalue weighted by Crippen LogP contribution is -2.33. The average molecular weight is 231 g/mol. The smallest absolute Gasteiger partial charge is 0.451 e. The van der Waals surface area contributed by atoms with Crippen LogP contribution in [0.4, 0.5) is 0 Å². The van der Waals surface area contributed by atoms with E-state index in [0.29, 0.717) is 12.4 Å². The first-order chi connectivity index (χ1) is 7.70. The quantitative estimate of drug-likeness (QED) is 0.314. The summed E-state index contributed by atoms with van der Waals surface area (Å²) in [6.45, 7) is 0.910. The van der Waals surface area contributed by atoms with E-state index >= 15 is 0 Å². The summed E-state index contributed by atoms with van der Waals surface area (Å²) in [5, 5.41) is 27.6. The zero-order valence-electron chi connectivity index (χ0n) is 9.64. The Balaban J connectivity index is 0.000000673. The molecule has 0 aromatic heterocycles. The van der Waals surface area contributed by atoms with Crippen molar-refractivity contribution in [1.82, 2.24) is 5.32 Å². The normalized spacial score (nSPS) is 19.5. The number of rotatable bonds is 5. The van der Waals surface area contributed by atoms with Crippen LogP contribution >= 0.6 is 0 Å². The molecule has 1 unspecified atom stereocenters. The molecule has 1 saturated heterocycles. The van der Waals surface area contributed by atoms with Gasteiger partial charge in [-0.15, -0.1) is 0 Å². The molecule has 6 heteroatoms. The molecule has 1 heterocycles. The lowest BCUT2D eigenvalue weighted by Gasteiger charge is -2.23. The third-order valence-corrected chi connectivity index (χ3v) is 2.68. The Hall–Kier alpha value is -0.585. The van der Waals surface area contributed by atoms with Crippen LogP contribution in [0.5, 0.6) is 0 Å². The summed E-state index contributed by atoms with van der Waals surface area (Å²) in [7, 11) is -1.11. The summed E-state index contributed by atoms with van der Waals surface area (Å²) in [5.74, 6) is 0. The first-order valence-electron chi connectivity index (χ1n) is 5.88. The van der Waals surface area contributed by atoms with Gasteiger partial charge in [0.2, 0.25) is 0 Å². The second kappa shape index (κ2) is 10.9. The minimum atomic E-state index is -1.11. The second-order valence-electron chi connectivity index (χ2n) is 4.02. The third-order valence-electron chi connectivity index (χ3n) is 2.68. The molecule has 1 fully saturated rings. The van der Waals surface area contributed by atoms with Crippen LogP contribution in [0.1, 0.15) is 38.5 Å². The molecule has 0 amide bonds. The fourth-order valence-corrected chi connectivity index (χ4v) is 1.89. The van der Waals surface area contributed by atoms with Crippen molar-refractivity contribution in [2.75, 3.05) is 6.54 Å². The van der Waals surface area contributed by atoms with Gasteiger partial charge in [0, 0.05) is 6.04 Å². The standard InChI is InChI=1S/C9H20BNO2.CH2O2/c12-10(13)7-3-1-5-9-6-2-4-8-11-9;2-1-3/h9,11-13H,1-8H2;1H,(H,2,3). The molecule has 1 aliphatic heterocycles. The van der Waals surface area contributed by atoms with E-state index < -0.39 is 7.12 Å². The van der Waals surface area contributed by atoms with Gasteiger partial charge < -0.3 is 20.5 Å². The second-order valence-corrected chi connectivity index (χ2v) is 4.02. The minimum absolute atomic E-state index is 0.250. The molecule has 0 bridgehead atoms. The van der Waals surface area contributed by atoms with E-state index in [1.54, 1.807) is 0 Å². The van der Waals surface area contributed by atoms with E-state index in [-0.39, 0.29) is 6.47 Å². The highest BCUT2D eigenvalue weighted by molar-refractivity contribution is 6.40. The predicted molar refractivity (Wildman–Crippen MR) is 63.2 cm³/mol. The van der Waals surface area contributed by atoms with E-state index in [1.807, 2.05) is 0 Å². The van der Waals surface area contributed by atoms with Crippen LogP contribution in [0.15, 0.2) is 0 Å². The molecule has 0 radical (unpaired) electrons. The molecule has 0 saturated carbocycles. The predicted octanol–water partition coefficient (Wildman–Crippen LogP) is 0.472. The van der Waals surface area contributed by atoms with Crippen LogP contribution in [0.3, 0.4) is 0 Å². The van der Waals surface area contributed by atoms with Gasteiger partial charge in [0.15, 0.2) is 0 Å². The topological polar surface area (TPSA) is 89.8 Å². The Morgan fingerprint density at radius 3 is 2.50 bits per heavy atom. The summed E-state index contributed by atoms with van der Waals surface area (Å²) < 4.78 is 0. The van der Waals surface area contributed by atoms with Gasteiger partial charge in [-0.05, 0) is 32.1 Å². The summed E-state index contributed by atoms with van der Waals surface area (Å²) >= 11 is 0. The van der Waals surface area contributed by atoms with Crippen molar-refractivity contribution in [1.29, 1.82) is 0 Å². The van der Waals surface area contributed by atoms with Crippen molar-refractivity contribution in [3.05, 3.63) is 0 Å². The number of carbonyl (C=O) groups is 1. The molecule has 16 heavy (non-hydrogen) atoms. The van der Waals surface area contributed by atoms with Crippen molar-refractivity contribution in [3.8, 4) is 0 Å². The number of carboxylic acid groups (broad SMARTS) is 1.